The number of aromatic nitrogens is 5. The standard InChI is InChI=1S/C25H23N7O/c33-25-23-17(5-6-27-25)11-22(18-9-16(12-26-13-18)15-32-7-1-2-8-32)30-24(23)29-20-3-4-21-19(10-20)14-28-31-21/h3-6,9-14H,1-2,7-8,15H2,(H,27,33)(H,28,31)(H,29,30). The molecule has 8 nitrogen and oxygen atoms in total. The number of pyridine rings is 3. The quantitative estimate of drug-likeness (QED) is 0.381. The minimum atomic E-state index is -0.181. The molecule has 0 saturated carbocycles. The molecule has 3 N–H and O–H groups in total. The number of hydrogen-bond acceptors (Lipinski definition) is 6. The van der Waals surface area contributed by atoms with Crippen LogP contribution >= 0.6 is 0 Å². The van der Waals surface area contributed by atoms with E-state index in [4.69, 9.17) is 4.98 Å². The highest BCUT2D eigenvalue weighted by Gasteiger charge is 2.15. The minimum Gasteiger partial charge on any atom is -0.340 e. The molecular weight excluding hydrogens is 414 g/mol. The first-order valence-corrected chi connectivity index (χ1v) is 11.1. The third kappa shape index (κ3) is 3.85. The molecule has 5 heterocycles. The van der Waals surface area contributed by atoms with Gasteiger partial charge in [-0.1, -0.05) is 0 Å². The molecule has 0 unspecified atom stereocenters. The zero-order valence-corrected chi connectivity index (χ0v) is 18.0. The van der Waals surface area contributed by atoms with Crippen LogP contribution in [0.2, 0.25) is 0 Å². The molecule has 0 atom stereocenters. The molecular formula is C25H23N7O. The summed E-state index contributed by atoms with van der Waals surface area (Å²) in [6.07, 6.45) is 9.70. The number of benzene rings is 1. The van der Waals surface area contributed by atoms with Gasteiger partial charge in [0.05, 0.1) is 22.8 Å². The molecule has 0 radical (unpaired) electrons. The SMILES string of the molecule is O=c1[nH]ccc2cc(-c3cncc(CN4CCCC4)c3)nc(Nc3ccc4[nH]ncc4c3)c12. The molecule has 4 aromatic heterocycles. The van der Waals surface area contributed by atoms with Gasteiger partial charge in [0.25, 0.3) is 5.56 Å². The van der Waals surface area contributed by atoms with E-state index in [1.807, 2.05) is 42.7 Å². The zero-order valence-electron chi connectivity index (χ0n) is 18.0. The van der Waals surface area contributed by atoms with Gasteiger partial charge in [-0.2, -0.15) is 5.10 Å². The van der Waals surface area contributed by atoms with Crippen LogP contribution < -0.4 is 10.9 Å². The van der Waals surface area contributed by atoms with Gasteiger partial charge in [-0.25, -0.2) is 4.98 Å². The van der Waals surface area contributed by atoms with Crippen molar-refractivity contribution in [3.63, 3.8) is 0 Å². The molecule has 1 aromatic carbocycles. The van der Waals surface area contributed by atoms with Crippen LogP contribution in [0.3, 0.4) is 0 Å². The number of hydrogen-bond donors (Lipinski definition) is 3. The summed E-state index contributed by atoms with van der Waals surface area (Å²) in [6, 6.07) is 11.9. The van der Waals surface area contributed by atoms with Gasteiger partial charge in [0.2, 0.25) is 0 Å². The van der Waals surface area contributed by atoms with Crippen LogP contribution in [0.5, 0.6) is 0 Å². The Morgan fingerprint density at radius 2 is 1.91 bits per heavy atom. The van der Waals surface area contributed by atoms with Crippen LogP contribution in [0.1, 0.15) is 18.4 Å². The molecule has 164 valence electrons. The maximum absolute atomic E-state index is 12.7. The summed E-state index contributed by atoms with van der Waals surface area (Å²) >= 11 is 0. The highest BCUT2D eigenvalue weighted by Crippen LogP contribution is 2.29. The Morgan fingerprint density at radius 1 is 1.00 bits per heavy atom. The molecule has 1 aliphatic heterocycles. The van der Waals surface area contributed by atoms with Crippen molar-refractivity contribution < 1.29 is 0 Å². The van der Waals surface area contributed by atoms with Crippen LogP contribution in [0.25, 0.3) is 32.9 Å². The summed E-state index contributed by atoms with van der Waals surface area (Å²) < 4.78 is 0. The van der Waals surface area contributed by atoms with Crippen molar-refractivity contribution in [3.8, 4) is 11.3 Å². The predicted molar refractivity (Wildman–Crippen MR) is 129 cm³/mol. The van der Waals surface area contributed by atoms with Crippen molar-refractivity contribution in [1.29, 1.82) is 0 Å². The lowest BCUT2D eigenvalue weighted by molar-refractivity contribution is 0.331. The minimum absolute atomic E-state index is 0.181. The van der Waals surface area contributed by atoms with Gasteiger partial charge in [0.1, 0.15) is 5.82 Å². The summed E-state index contributed by atoms with van der Waals surface area (Å²) in [4.78, 5) is 27.2. The largest absolute Gasteiger partial charge is 0.340 e. The molecule has 0 amide bonds. The Morgan fingerprint density at radius 3 is 2.82 bits per heavy atom. The number of nitrogens with zero attached hydrogens (tertiary/aromatic N) is 4. The average molecular weight is 438 g/mol. The third-order valence-electron chi connectivity index (χ3n) is 6.15. The van der Waals surface area contributed by atoms with E-state index in [2.05, 4.69) is 36.4 Å². The molecule has 1 aliphatic rings. The molecule has 0 bridgehead atoms. The van der Waals surface area contributed by atoms with Crippen molar-refractivity contribution in [1.82, 2.24) is 30.0 Å². The second-order valence-electron chi connectivity index (χ2n) is 8.49. The molecule has 1 fully saturated rings. The van der Waals surface area contributed by atoms with Gasteiger partial charge < -0.3 is 10.3 Å². The van der Waals surface area contributed by atoms with Crippen molar-refractivity contribution in [2.45, 2.75) is 19.4 Å². The lowest BCUT2D eigenvalue weighted by atomic mass is 10.1. The first-order chi connectivity index (χ1) is 16.2. The van der Waals surface area contributed by atoms with Gasteiger partial charge in [-0.3, -0.25) is 19.8 Å². The average Bonchev–Trinajstić information content (AvgIpc) is 3.51. The number of likely N-dealkylation sites (tertiary alicyclic amines) is 1. The number of anilines is 2. The third-order valence-corrected chi connectivity index (χ3v) is 6.15. The molecule has 8 heteroatoms. The molecule has 0 spiro atoms. The lowest BCUT2D eigenvalue weighted by Crippen LogP contribution is -2.18. The second kappa shape index (κ2) is 8.14. The number of nitrogens with one attached hydrogen (secondary N) is 3. The van der Waals surface area contributed by atoms with Crippen LogP contribution in [0.4, 0.5) is 11.5 Å². The lowest BCUT2D eigenvalue weighted by Gasteiger charge is -2.15. The molecule has 5 aromatic rings. The Hall–Kier alpha value is -4.04. The number of H-pyrrole nitrogens is 2. The summed E-state index contributed by atoms with van der Waals surface area (Å²) in [5.74, 6) is 0.511. The van der Waals surface area contributed by atoms with Gasteiger partial charge in [0.15, 0.2) is 0 Å². The Balaban J connectivity index is 1.42. The summed E-state index contributed by atoms with van der Waals surface area (Å²) in [5.41, 5.74) is 4.48. The smallest absolute Gasteiger partial charge is 0.259 e. The van der Waals surface area contributed by atoms with Crippen molar-refractivity contribution in [2.24, 2.45) is 0 Å². The first-order valence-electron chi connectivity index (χ1n) is 11.1. The highest BCUT2D eigenvalue weighted by molar-refractivity contribution is 5.95. The van der Waals surface area contributed by atoms with Gasteiger partial charge in [0, 0.05) is 41.8 Å². The van der Waals surface area contributed by atoms with Gasteiger partial charge in [-0.05, 0) is 73.3 Å². The van der Waals surface area contributed by atoms with Gasteiger partial charge >= 0.3 is 0 Å². The number of fused-ring (bicyclic) bond motifs is 2. The van der Waals surface area contributed by atoms with Crippen molar-refractivity contribution in [2.75, 3.05) is 18.4 Å². The van der Waals surface area contributed by atoms with Gasteiger partial charge in [-0.15, -0.1) is 0 Å². The highest BCUT2D eigenvalue weighted by atomic mass is 16.1. The molecule has 1 saturated heterocycles. The maximum atomic E-state index is 12.7. The molecule has 6 rings (SSSR count). The fraction of sp³-hybridized carbons (Fsp3) is 0.200. The van der Waals surface area contributed by atoms with Crippen LogP contribution in [-0.4, -0.2) is 43.1 Å². The maximum Gasteiger partial charge on any atom is 0.259 e. The number of aromatic amines is 2. The van der Waals surface area contributed by atoms with E-state index >= 15 is 0 Å². The summed E-state index contributed by atoms with van der Waals surface area (Å²) in [6.45, 7) is 3.16. The second-order valence-corrected chi connectivity index (χ2v) is 8.49. The number of rotatable bonds is 5. The Bertz CT molecular complexity index is 1510. The van der Waals surface area contributed by atoms with E-state index in [0.717, 1.165) is 52.9 Å². The zero-order chi connectivity index (χ0) is 22.2. The normalized spacial score (nSPS) is 14.3. The van der Waals surface area contributed by atoms with E-state index in [0.29, 0.717) is 11.2 Å². The van der Waals surface area contributed by atoms with Crippen LogP contribution in [0, 0.1) is 0 Å². The van der Waals surface area contributed by atoms with E-state index in [1.165, 1.54) is 18.4 Å². The molecule has 0 aliphatic carbocycles. The monoisotopic (exact) mass is 437 g/mol. The van der Waals surface area contributed by atoms with E-state index in [9.17, 15) is 4.79 Å². The van der Waals surface area contributed by atoms with Crippen LogP contribution in [-0.2, 0) is 6.54 Å². The Kier molecular flexibility index (Phi) is 4.84. The first kappa shape index (κ1) is 19.6. The Labute approximate surface area is 189 Å². The fourth-order valence-corrected chi connectivity index (χ4v) is 4.52. The van der Waals surface area contributed by atoms with E-state index in [-0.39, 0.29) is 5.56 Å². The topological polar surface area (TPSA) is 103 Å². The van der Waals surface area contributed by atoms with Crippen molar-refractivity contribution >= 4 is 33.2 Å². The van der Waals surface area contributed by atoms with E-state index in [1.54, 1.807) is 12.4 Å². The summed E-state index contributed by atoms with van der Waals surface area (Å²) in [7, 11) is 0. The van der Waals surface area contributed by atoms with Crippen LogP contribution in [0.15, 0.2) is 66.0 Å². The predicted octanol–water partition coefficient (Wildman–Crippen LogP) is 4.20. The summed E-state index contributed by atoms with van der Waals surface area (Å²) in [5, 5.41) is 12.7. The fourth-order valence-electron chi connectivity index (χ4n) is 4.52. The van der Waals surface area contributed by atoms with E-state index < -0.39 is 0 Å². The van der Waals surface area contributed by atoms with Crippen molar-refractivity contribution in [3.05, 3.63) is 77.1 Å². The molecule has 33 heavy (non-hydrogen) atoms.